The van der Waals surface area contributed by atoms with E-state index >= 15 is 0 Å². The van der Waals surface area contributed by atoms with Crippen molar-refractivity contribution in [2.24, 2.45) is 0 Å². The zero-order valence-electron chi connectivity index (χ0n) is 7.64. The monoisotopic (exact) mass is 263 g/mol. The van der Waals surface area contributed by atoms with Gasteiger partial charge in [-0.3, -0.25) is 0 Å². The summed E-state index contributed by atoms with van der Waals surface area (Å²) in [5, 5.41) is 0. The van der Waals surface area contributed by atoms with Gasteiger partial charge in [0.05, 0.1) is 4.47 Å². The van der Waals surface area contributed by atoms with Crippen molar-refractivity contribution in [3.63, 3.8) is 0 Å². The van der Waals surface area contributed by atoms with Crippen LogP contribution in [0.4, 0.5) is 8.78 Å². The highest BCUT2D eigenvalue weighted by Crippen LogP contribution is 2.29. The molecule has 1 unspecified atom stereocenters. The summed E-state index contributed by atoms with van der Waals surface area (Å²) in [4.78, 5) is 0. The maximum absolute atomic E-state index is 11.9. The number of hydrogen-bond donors (Lipinski definition) is 0. The van der Waals surface area contributed by atoms with E-state index in [1.807, 2.05) is 6.92 Å². The molecular weight excluding hydrogens is 254 g/mol. The molecule has 1 aromatic rings. The molecule has 1 nitrogen and oxygen atoms in total. The van der Waals surface area contributed by atoms with Crippen molar-refractivity contribution in [3.05, 3.63) is 35.2 Å². The second kappa shape index (κ2) is 4.73. The minimum absolute atomic E-state index is 0.117. The molecule has 0 heterocycles. The van der Waals surface area contributed by atoms with Crippen LogP contribution in [0.2, 0.25) is 0 Å². The summed E-state index contributed by atoms with van der Waals surface area (Å²) in [5.41, 5.74) is 0.971. The van der Waals surface area contributed by atoms with Crippen molar-refractivity contribution in [2.75, 3.05) is 0 Å². The van der Waals surface area contributed by atoms with Crippen molar-refractivity contribution in [1.29, 1.82) is 0 Å². The lowest BCUT2D eigenvalue weighted by molar-refractivity contribution is -0.0503. The van der Waals surface area contributed by atoms with E-state index in [1.165, 1.54) is 6.07 Å². The molecule has 0 N–H and O–H groups in total. The number of benzene rings is 1. The number of hydrogen-bond acceptors (Lipinski definition) is 1. The van der Waals surface area contributed by atoms with Crippen LogP contribution in [0.5, 0.6) is 5.75 Å². The summed E-state index contributed by atoms with van der Waals surface area (Å²) < 4.78 is 28.6. The Hall–Kier alpha value is -0.640. The van der Waals surface area contributed by atoms with Crippen LogP contribution in [0.3, 0.4) is 0 Å². The molecule has 77 valence electrons. The maximum Gasteiger partial charge on any atom is 0.387 e. The lowest BCUT2D eigenvalue weighted by Crippen LogP contribution is -2.02. The van der Waals surface area contributed by atoms with Gasteiger partial charge in [0.25, 0.3) is 0 Å². The Kier molecular flexibility index (Phi) is 3.86. The van der Waals surface area contributed by atoms with E-state index in [1.54, 1.807) is 12.1 Å². The van der Waals surface area contributed by atoms with Crippen LogP contribution >= 0.6 is 15.9 Å². The second-order valence-corrected chi connectivity index (χ2v) is 3.82. The van der Waals surface area contributed by atoms with Crippen LogP contribution in [-0.2, 0) is 0 Å². The number of alkyl halides is 2. The van der Waals surface area contributed by atoms with E-state index in [9.17, 15) is 8.78 Å². The molecule has 0 fully saturated rings. The lowest BCUT2D eigenvalue weighted by atomic mass is 10.0. The van der Waals surface area contributed by atoms with E-state index in [-0.39, 0.29) is 11.7 Å². The zero-order valence-corrected chi connectivity index (χ0v) is 9.22. The van der Waals surface area contributed by atoms with Crippen LogP contribution in [0.15, 0.2) is 22.7 Å². The topological polar surface area (TPSA) is 9.23 Å². The SMILES string of the molecule is [CH2]C(C)c1ccc(OC(F)F)c(Br)c1. The van der Waals surface area contributed by atoms with Gasteiger partial charge in [-0.05, 0) is 46.5 Å². The molecule has 0 bridgehead atoms. The fourth-order valence-corrected chi connectivity index (χ4v) is 1.51. The van der Waals surface area contributed by atoms with Gasteiger partial charge in [0.15, 0.2) is 0 Å². The van der Waals surface area contributed by atoms with Gasteiger partial charge in [-0.15, -0.1) is 0 Å². The Morgan fingerprint density at radius 1 is 1.43 bits per heavy atom. The molecular formula is C10H10BrF2O. The Morgan fingerprint density at radius 2 is 2.07 bits per heavy atom. The van der Waals surface area contributed by atoms with Crippen molar-refractivity contribution in [2.45, 2.75) is 19.5 Å². The zero-order chi connectivity index (χ0) is 10.7. The molecule has 0 saturated heterocycles. The van der Waals surface area contributed by atoms with Gasteiger partial charge in [-0.1, -0.05) is 13.0 Å². The molecule has 0 aliphatic heterocycles. The molecule has 4 heteroatoms. The summed E-state index contributed by atoms with van der Waals surface area (Å²) in [5.74, 6) is 0.260. The van der Waals surface area contributed by atoms with Gasteiger partial charge in [-0.25, -0.2) is 0 Å². The molecule has 0 aromatic heterocycles. The van der Waals surface area contributed by atoms with Gasteiger partial charge in [0.1, 0.15) is 5.75 Å². The Bertz CT molecular complexity index is 313. The van der Waals surface area contributed by atoms with E-state index in [0.29, 0.717) is 4.47 Å². The number of rotatable bonds is 3. The number of ether oxygens (including phenoxy) is 1. The van der Waals surface area contributed by atoms with E-state index in [2.05, 4.69) is 27.6 Å². The average Bonchev–Trinajstić information content (AvgIpc) is 2.07. The molecule has 1 radical (unpaired) electrons. The predicted molar refractivity (Wildman–Crippen MR) is 54.5 cm³/mol. The first-order chi connectivity index (χ1) is 6.50. The van der Waals surface area contributed by atoms with Crippen LogP contribution in [-0.4, -0.2) is 6.61 Å². The summed E-state index contributed by atoms with van der Waals surface area (Å²) in [6.45, 7) is 2.96. The first kappa shape index (κ1) is 11.4. The van der Waals surface area contributed by atoms with Crippen molar-refractivity contribution >= 4 is 15.9 Å². The molecule has 1 atom stereocenters. The van der Waals surface area contributed by atoms with E-state index in [0.717, 1.165) is 5.56 Å². The quantitative estimate of drug-likeness (QED) is 0.802. The Labute approximate surface area is 90.2 Å². The summed E-state index contributed by atoms with van der Waals surface area (Å²) in [6, 6.07) is 4.96. The summed E-state index contributed by atoms with van der Waals surface area (Å²) >= 11 is 3.16. The normalized spacial score (nSPS) is 11.1. The molecule has 14 heavy (non-hydrogen) atoms. The molecule has 0 saturated carbocycles. The average molecular weight is 264 g/mol. The highest BCUT2D eigenvalue weighted by atomic mass is 79.9. The van der Waals surface area contributed by atoms with Crippen LogP contribution < -0.4 is 4.74 Å². The highest BCUT2D eigenvalue weighted by Gasteiger charge is 2.09. The second-order valence-electron chi connectivity index (χ2n) is 2.97. The first-order valence-corrected chi connectivity index (χ1v) is 4.87. The van der Waals surface area contributed by atoms with Gasteiger partial charge < -0.3 is 4.74 Å². The fraction of sp³-hybridized carbons (Fsp3) is 0.300. The molecule has 0 aliphatic rings. The molecule has 0 aliphatic carbocycles. The third kappa shape index (κ3) is 2.94. The Morgan fingerprint density at radius 3 is 2.50 bits per heavy atom. The Balaban J connectivity index is 2.90. The molecule has 1 rings (SSSR count). The fourth-order valence-electron chi connectivity index (χ4n) is 1.02. The maximum atomic E-state index is 11.9. The molecule has 0 spiro atoms. The van der Waals surface area contributed by atoms with E-state index < -0.39 is 6.61 Å². The van der Waals surface area contributed by atoms with Gasteiger partial charge in [0, 0.05) is 0 Å². The minimum Gasteiger partial charge on any atom is -0.434 e. The first-order valence-electron chi connectivity index (χ1n) is 4.08. The summed E-state index contributed by atoms with van der Waals surface area (Å²) in [7, 11) is 0. The van der Waals surface area contributed by atoms with Crippen LogP contribution in [0, 0.1) is 6.92 Å². The lowest BCUT2D eigenvalue weighted by Gasteiger charge is -2.10. The third-order valence-electron chi connectivity index (χ3n) is 1.74. The summed E-state index contributed by atoms with van der Waals surface area (Å²) in [6.07, 6.45) is 0. The van der Waals surface area contributed by atoms with E-state index in [4.69, 9.17) is 0 Å². The van der Waals surface area contributed by atoms with Crippen molar-refractivity contribution in [1.82, 2.24) is 0 Å². The van der Waals surface area contributed by atoms with Crippen LogP contribution in [0.1, 0.15) is 18.4 Å². The van der Waals surface area contributed by atoms with Crippen molar-refractivity contribution in [3.8, 4) is 5.75 Å². The largest absolute Gasteiger partial charge is 0.434 e. The standard InChI is InChI=1S/C10H10BrF2O/c1-6(2)7-3-4-9(8(11)5-7)14-10(12)13/h3-6,10H,1H2,2H3. The molecule has 1 aromatic carbocycles. The highest BCUT2D eigenvalue weighted by molar-refractivity contribution is 9.10. The smallest absolute Gasteiger partial charge is 0.387 e. The van der Waals surface area contributed by atoms with Gasteiger partial charge in [-0.2, -0.15) is 8.78 Å². The number of halogens is 3. The minimum atomic E-state index is -2.80. The molecule has 0 amide bonds. The van der Waals surface area contributed by atoms with Crippen LogP contribution in [0.25, 0.3) is 0 Å². The van der Waals surface area contributed by atoms with Gasteiger partial charge in [0.2, 0.25) is 0 Å². The van der Waals surface area contributed by atoms with Gasteiger partial charge >= 0.3 is 6.61 Å². The predicted octanol–water partition coefficient (Wildman–Crippen LogP) is 3.99. The third-order valence-corrected chi connectivity index (χ3v) is 2.36. The van der Waals surface area contributed by atoms with Crippen molar-refractivity contribution < 1.29 is 13.5 Å².